The Morgan fingerprint density at radius 2 is 1.84 bits per heavy atom. The number of hydrogen-bond donors (Lipinski definition) is 2. The summed E-state index contributed by atoms with van der Waals surface area (Å²) >= 11 is 9.06. The molecule has 0 radical (unpaired) electrons. The average Bonchev–Trinajstić information content (AvgIpc) is 3.51. The fraction of sp³-hybridized carbons (Fsp3) is 0.516. The fourth-order valence-electron chi connectivity index (χ4n) is 7.70. The Morgan fingerprint density at radius 3 is 2.58 bits per heavy atom. The minimum absolute atomic E-state index is 0.0248. The molecule has 1 aromatic carbocycles. The van der Waals surface area contributed by atoms with Crippen LogP contribution >= 0.6 is 23.4 Å². The topological polar surface area (TPSA) is 100 Å². The number of benzene rings is 1. The number of nitrogens with one attached hydrogen (secondary N) is 1. The van der Waals surface area contributed by atoms with Crippen molar-refractivity contribution in [2.75, 3.05) is 68.7 Å². The summed E-state index contributed by atoms with van der Waals surface area (Å²) in [7, 11) is 2.02. The Bertz CT molecular complexity index is 1780. The number of nitrogen functional groups attached to an aromatic ring is 1. The summed E-state index contributed by atoms with van der Waals surface area (Å²) < 4.78 is 4.05. The highest BCUT2D eigenvalue weighted by atomic mass is 35.5. The fourth-order valence-corrected chi connectivity index (χ4v) is 9.38. The number of hydrogen-bond acceptors (Lipinski definition) is 9. The van der Waals surface area contributed by atoms with E-state index in [1.807, 2.05) is 41.6 Å². The molecule has 3 atom stereocenters. The largest absolute Gasteiger partial charge is 0.384 e. The van der Waals surface area contributed by atoms with Crippen molar-refractivity contribution >= 4 is 56.9 Å². The zero-order valence-corrected chi connectivity index (χ0v) is 26.3. The molecule has 0 spiro atoms. The van der Waals surface area contributed by atoms with Gasteiger partial charge in [-0.25, -0.2) is 9.78 Å². The third kappa shape index (κ3) is 4.63. The lowest BCUT2D eigenvalue weighted by atomic mass is 10.0. The number of anilines is 2. The molecular formula is C31H38ClN9OS. The first-order chi connectivity index (χ1) is 20.9. The van der Waals surface area contributed by atoms with E-state index < -0.39 is 0 Å². The molecule has 4 aromatic rings. The van der Waals surface area contributed by atoms with Crippen LogP contribution in [0.15, 0.2) is 34.1 Å². The number of pyridine rings is 1. The lowest BCUT2D eigenvalue weighted by Crippen LogP contribution is -2.52. The van der Waals surface area contributed by atoms with Crippen LogP contribution < -0.4 is 21.6 Å². The van der Waals surface area contributed by atoms with Crippen LogP contribution in [0.1, 0.15) is 25.8 Å². The zero-order chi connectivity index (χ0) is 29.4. The molecule has 2 unspecified atom stereocenters. The zero-order valence-electron chi connectivity index (χ0n) is 24.7. The van der Waals surface area contributed by atoms with E-state index in [1.54, 1.807) is 0 Å². The quantitative estimate of drug-likeness (QED) is 0.348. The van der Waals surface area contributed by atoms with Gasteiger partial charge in [-0.1, -0.05) is 18.5 Å². The first kappa shape index (κ1) is 27.7. The molecule has 43 heavy (non-hydrogen) atoms. The van der Waals surface area contributed by atoms with Crippen molar-refractivity contribution < 1.29 is 0 Å². The molecule has 3 aromatic heterocycles. The van der Waals surface area contributed by atoms with E-state index in [-0.39, 0.29) is 11.7 Å². The smallest absolute Gasteiger partial charge is 0.350 e. The van der Waals surface area contributed by atoms with Crippen molar-refractivity contribution in [3.63, 3.8) is 0 Å². The predicted octanol–water partition coefficient (Wildman–Crippen LogP) is 3.41. The molecule has 2 bridgehead atoms. The molecule has 4 aliphatic rings. The van der Waals surface area contributed by atoms with E-state index in [2.05, 4.69) is 37.7 Å². The second-order valence-corrected chi connectivity index (χ2v) is 14.0. The number of nitrogens with two attached hydrogens (primary N) is 1. The van der Waals surface area contributed by atoms with Crippen molar-refractivity contribution in [1.82, 2.24) is 34.2 Å². The van der Waals surface area contributed by atoms with Gasteiger partial charge in [0.1, 0.15) is 11.6 Å². The molecular weight excluding hydrogens is 582 g/mol. The highest BCUT2D eigenvalue weighted by molar-refractivity contribution is 7.99. The number of aromatic nitrogens is 4. The standard InChI is InChI=1S/C31H38ClN9OS/c1-3-38-8-10-39(11-9-38)15-20-17-43-29-26(22-16-37(2)24-6-7-25(33)35-27(22)24)23(32)12-21-28(29)41(20)31(42)36-30(21)40-13-18-4-5-19(14-40)34-18/h6-7,12,16,18-20,34H,3-5,8-11,13-15,17H2,1-2H3,(H2,33,35)/t18?,19?,20-/m0/s1. The first-order valence-corrected chi connectivity index (χ1v) is 16.8. The molecule has 8 rings (SSSR count). The van der Waals surface area contributed by atoms with Gasteiger partial charge in [-0.3, -0.25) is 9.47 Å². The van der Waals surface area contributed by atoms with Crippen molar-refractivity contribution in [2.24, 2.45) is 7.05 Å². The second kappa shape index (κ2) is 10.7. The summed E-state index contributed by atoms with van der Waals surface area (Å²) in [6.07, 6.45) is 4.40. The summed E-state index contributed by atoms with van der Waals surface area (Å²) in [6, 6.07) is 6.75. The predicted molar refractivity (Wildman–Crippen MR) is 176 cm³/mol. The molecule has 0 saturated carbocycles. The monoisotopic (exact) mass is 619 g/mol. The maximum Gasteiger partial charge on any atom is 0.350 e. The molecule has 7 heterocycles. The number of fused-ring (bicyclic) bond motifs is 3. The van der Waals surface area contributed by atoms with E-state index in [4.69, 9.17) is 27.3 Å². The summed E-state index contributed by atoms with van der Waals surface area (Å²) in [6.45, 7) is 10.0. The Balaban J connectivity index is 1.31. The minimum Gasteiger partial charge on any atom is -0.384 e. The molecule has 0 aliphatic carbocycles. The number of nitrogens with zero attached hydrogens (tertiary/aromatic N) is 7. The van der Waals surface area contributed by atoms with Crippen molar-refractivity contribution in [3.05, 3.63) is 39.9 Å². The number of likely N-dealkylation sites (N-methyl/N-ethyl adjacent to an activating group) is 1. The van der Waals surface area contributed by atoms with E-state index >= 15 is 0 Å². The molecule has 3 saturated heterocycles. The van der Waals surface area contributed by atoms with Crippen molar-refractivity contribution in [2.45, 2.75) is 42.8 Å². The third-order valence-electron chi connectivity index (χ3n) is 9.90. The minimum atomic E-state index is -0.166. The molecule has 4 aliphatic heterocycles. The lowest BCUT2D eigenvalue weighted by Gasteiger charge is -2.38. The maximum absolute atomic E-state index is 14.1. The van der Waals surface area contributed by atoms with E-state index in [0.29, 0.717) is 22.9 Å². The maximum atomic E-state index is 14.1. The molecule has 3 N–H and O–H groups in total. The van der Waals surface area contributed by atoms with Crippen LogP contribution in [0.25, 0.3) is 33.1 Å². The summed E-state index contributed by atoms with van der Waals surface area (Å²) in [5, 5.41) is 5.32. The summed E-state index contributed by atoms with van der Waals surface area (Å²) in [5.74, 6) is 2.02. The van der Waals surface area contributed by atoms with E-state index in [1.165, 1.54) is 0 Å². The van der Waals surface area contributed by atoms with Gasteiger partial charge < -0.3 is 25.4 Å². The summed E-state index contributed by atoms with van der Waals surface area (Å²) in [5.41, 5.74) is 10.6. The van der Waals surface area contributed by atoms with E-state index in [9.17, 15) is 4.79 Å². The normalized spacial score (nSPS) is 24.4. The van der Waals surface area contributed by atoms with Crippen LogP contribution in [0.4, 0.5) is 11.6 Å². The van der Waals surface area contributed by atoms with Gasteiger partial charge in [0.15, 0.2) is 0 Å². The van der Waals surface area contributed by atoms with Crippen LogP contribution in [0, 0.1) is 0 Å². The Morgan fingerprint density at radius 1 is 1.09 bits per heavy atom. The van der Waals surface area contributed by atoms with E-state index in [0.717, 1.165) is 115 Å². The number of thioether (sulfide) groups is 1. The lowest BCUT2D eigenvalue weighted by molar-refractivity contribution is 0.126. The average molecular weight is 620 g/mol. The number of aryl methyl sites for hydroxylation is 1. The number of halogens is 1. The highest BCUT2D eigenvalue weighted by Crippen LogP contribution is 2.49. The molecule has 3 fully saturated rings. The van der Waals surface area contributed by atoms with Gasteiger partial charge in [-0.2, -0.15) is 4.98 Å². The van der Waals surface area contributed by atoms with Gasteiger partial charge in [0.05, 0.1) is 27.6 Å². The van der Waals surface area contributed by atoms with Crippen LogP contribution in [0.5, 0.6) is 0 Å². The van der Waals surface area contributed by atoms with Crippen LogP contribution in [0.2, 0.25) is 5.02 Å². The van der Waals surface area contributed by atoms with Crippen molar-refractivity contribution in [1.29, 1.82) is 0 Å². The Hall–Kier alpha value is -2.83. The molecule has 10 nitrogen and oxygen atoms in total. The molecule has 226 valence electrons. The van der Waals surface area contributed by atoms with Crippen LogP contribution in [0.3, 0.4) is 0 Å². The van der Waals surface area contributed by atoms with Crippen molar-refractivity contribution in [3.8, 4) is 11.1 Å². The second-order valence-electron chi connectivity index (χ2n) is 12.5. The van der Waals surface area contributed by atoms with Gasteiger partial charge in [0, 0.05) is 98.3 Å². The Labute approximate surface area is 260 Å². The SMILES string of the molecule is CCN1CCN(C[C@H]2CSc3c(-c4cn(C)c5ccc(N)nc45)c(Cl)cc4c(N5CC6CCC(C5)N6)nc(=O)n2c34)CC1. The van der Waals surface area contributed by atoms with Gasteiger partial charge in [0.2, 0.25) is 0 Å². The number of rotatable bonds is 5. The van der Waals surface area contributed by atoms with Gasteiger partial charge in [-0.05, 0) is 37.6 Å². The number of piperazine rings is 2. The van der Waals surface area contributed by atoms with Gasteiger partial charge >= 0.3 is 5.69 Å². The summed E-state index contributed by atoms with van der Waals surface area (Å²) in [4.78, 5) is 32.0. The molecule has 0 amide bonds. The van der Waals surface area contributed by atoms with Gasteiger partial charge in [-0.15, -0.1) is 11.8 Å². The van der Waals surface area contributed by atoms with Crippen LogP contribution in [-0.4, -0.2) is 99.1 Å². The van der Waals surface area contributed by atoms with Gasteiger partial charge in [0.25, 0.3) is 0 Å². The highest BCUT2D eigenvalue weighted by Gasteiger charge is 2.36. The van der Waals surface area contributed by atoms with Crippen LogP contribution in [-0.2, 0) is 7.05 Å². The third-order valence-corrected chi connectivity index (χ3v) is 11.4. The first-order valence-electron chi connectivity index (χ1n) is 15.5. The molecule has 12 heteroatoms. The Kier molecular flexibility index (Phi) is 6.87.